The highest BCUT2D eigenvalue weighted by molar-refractivity contribution is 5.81. The highest BCUT2D eigenvalue weighted by Crippen LogP contribution is 2.33. The van der Waals surface area contributed by atoms with Crippen LogP contribution < -0.4 is 10.1 Å². The fourth-order valence-corrected chi connectivity index (χ4v) is 4.53. The lowest BCUT2D eigenvalue weighted by Gasteiger charge is -2.12. The van der Waals surface area contributed by atoms with Crippen molar-refractivity contribution in [2.24, 2.45) is 7.05 Å². The maximum Gasteiger partial charge on any atom is 0.432 e. The number of hydrogen-bond donors (Lipinski definition) is 2. The summed E-state index contributed by atoms with van der Waals surface area (Å²) >= 11 is 0. The van der Waals surface area contributed by atoms with E-state index in [2.05, 4.69) is 25.3 Å². The fourth-order valence-electron chi connectivity index (χ4n) is 4.53. The molecule has 1 unspecified atom stereocenters. The molecule has 3 aromatic heterocycles. The number of benzene rings is 2. The third-order valence-corrected chi connectivity index (χ3v) is 6.56. The van der Waals surface area contributed by atoms with Crippen molar-refractivity contribution in [3.8, 4) is 23.0 Å². The molecule has 39 heavy (non-hydrogen) atoms. The lowest BCUT2D eigenvalue weighted by molar-refractivity contribution is -0.140. The maximum absolute atomic E-state index is 14.4. The Morgan fingerprint density at radius 1 is 1.08 bits per heavy atom. The van der Waals surface area contributed by atoms with Crippen LogP contribution >= 0.6 is 0 Å². The van der Waals surface area contributed by atoms with Gasteiger partial charge in [-0.2, -0.15) is 13.2 Å². The average molecular weight is 539 g/mol. The molecule has 4 heterocycles. The lowest BCUT2D eigenvalue weighted by atomic mass is 9.97. The molecule has 0 aliphatic carbocycles. The summed E-state index contributed by atoms with van der Waals surface area (Å²) in [4.78, 5) is 14.8. The van der Waals surface area contributed by atoms with Crippen LogP contribution in [0, 0.1) is 5.82 Å². The second-order valence-electron chi connectivity index (χ2n) is 9.19. The summed E-state index contributed by atoms with van der Waals surface area (Å²) in [5, 5.41) is 3.26. The Hall–Kier alpha value is -4.45. The van der Waals surface area contributed by atoms with Gasteiger partial charge in [-0.25, -0.2) is 14.4 Å². The number of alkyl halides is 3. The predicted molar refractivity (Wildman–Crippen MR) is 135 cm³/mol. The number of aromatic nitrogens is 5. The molecule has 1 aliphatic heterocycles. The first-order chi connectivity index (χ1) is 18.7. The van der Waals surface area contributed by atoms with Gasteiger partial charge in [-0.3, -0.25) is 4.98 Å². The number of aromatic amines is 1. The van der Waals surface area contributed by atoms with Crippen LogP contribution in [-0.2, 0) is 18.0 Å². The second kappa shape index (κ2) is 9.70. The summed E-state index contributed by atoms with van der Waals surface area (Å²) in [5.41, 5.74) is 2.06. The third-order valence-electron chi connectivity index (χ3n) is 6.56. The van der Waals surface area contributed by atoms with Crippen LogP contribution in [-0.4, -0.2) is 37.7 Å². The zero-order valence-electron chi connectivity index (χ0n) is 20.6. The molecule has 200 valence electrons. The van der Waals surface area contributed by atoms with E-state index in [1.807, 2.05) is 17.7 Å². The van der Waals surface area contributed by atoms with Gasteiger partial charge in [0.25, 0.3) is 0 Å². The molecule has 6 rings (SSSR count). The topological polar surface area (TPSA) is 89.9 Å². The number of fused-ring (bicyclic) bond motifs is 1. The van der Waals surface area contributed by atoms with Gasteiger partial charge in [0.15, 0.2) is 5.82 Å². The molecule has 0 bridgehead atoms. The zero-order chi connectivity index (χ0) is 27.1. The van der Waals surface area contributed by atoms with Crippen molar-refractivity contribution in [2.45, 2.75) is 18.5 Å². The number of aryl methyl sites for hydroxylation is 1. The maximum atomic E-state index is 14.4. The minimum atomic E-state index is -4.53. The lowest BCUT2D eigenvalue weighted by Crippen LogP contribution is -2.04. The molecule has 1 aliphatic rings. The van der Waals surface area contributed by atoms with E-state index < -0.39 is 11.9 Å². The number of pyridine rings is 1. The van der Waals surface area contributed by atoms with E-state index >= 15 is 0 Å². The Bertz CT molecular complexity index is 1660. The number of rotatable bonds is 6. The Morgan fingerprint density at radius 3 is 2.69 bits per heavy atom. The summed E-state index contributed by atoms with van der Waals surface area (Å²) in [6.07, 6.45) is -1.60. The van der Waals surface area contributed by atoms with E-state index in [1.165, 1.54) is 18.3 Å². The van der Waals surface area contributed by atoms with Gasteiger partial charge in [0.2, 0.25) is 5.95 Å². The molecule has 2 aromatic carbocycles. The second-order valence-corrected chi connectivity index (χ2v) is 9.19. The fraction of sp³-hybridized carbons (Fsp3) is 0.222. The van der Waals surface area contributed by atoms with Gasteiger partial charge in [0, 0.05) is 43.6 Å². The largest absolute Gasteiger partial charge is 0.457 e. The van der Waals surface area contributed by atoms with Gasteiger partial charge < -0.3 is 24.3 Å². The minimum Gasteiger partial charge on any atom is -0.457 e. The van der Waals surface area contributed by atoms with E-state index in [4.69, 9.17) is 9.47 Å². The van der Waals surface area contributed by atoms with Crippen LogP contribution in [0.3, 0.4) is 0 Å². The van der Waals surface area contributed by atoms with Gasteiger partial charge in [0.05, 0.1) is 23.8 Å². The van der Waals surface area contributed by atoms with Crippen molar-refractivity contribution >= 4 is 22.7 Å². The molecule has 8 nitrogen and oxygen atoms in total. The van der Waals surface area contributed by atoms with Crippen LogP contribution in [0.15, 0.2) is 60.9 Å². The van der Waals surface area contributed by atoms with Crippen molar-refractivity contribution in [2.75, 3.05) is 18.5 Å². The third kappa shape index (κ3) is 5.02. The summed E-state index contributed by atoms with van der Waals surface area (Å²) < 4.78 is 66.4. The van der Waals surface area contributed by atoms with Gasteiger partial charge in [-0.05, 0) is 48.4 Å². The number of H-pyrrole nitrogens is 1. The van der Waals surface area contributed by atoms with Crippen LogP contribution in [0.2, 0.25) is 0 Å². The van der Waals surface area contributed by atoms with Crippen LogP contribution in [0.4, 0.5) is 29.2 Å². The molecular formula is C27H22F4N6O2. The number of halogens is 4. The Balaban J connectivity index is 1.22. The first-order valence-electron chi connectivity index (χ1n) is 12.1. The van der Waals surface area contributed by atoms with Gasteiger partial charge in [0.1, 0.15) is 28.7 Å². The molecule has 1 fully saturated rings. The molecule has 2 N–H and O–H groups in total. The van der Waals surface area contributed by atoms with E-state index in [0.29, 0.717) is 47.4 Å². The quantitative estimate of drug-likeness (QED) is 0.238. The first-order valence-corrected chi connectivity index (χ1v) is 12.1. The highest BCUT2D eigenvalue weighted by atomic mass is 19.4. The summed E-state index contributed by atoms with van der Waals surface area (Å²) in [6.45, 7) is 1.13. The molecule has 5 aromatic rings. The summed E-state index contributed by atoms with van der Waals surface area (Å²) in [7, 11) is 1.86. The highest BCUT2D eigenvalue weighted by Gasteiger charge is 2.33. The molecule has 1 atom stereocenters. The SMILES string of the molecule is Cn1c(Nc2ccc(F)c(C3CCOC3)c2)nc2cc(Oc3ccnc(-c4ncc(C(F)(F)F)[nH]4)c3)ccc21. The normalized spacial score (nSPS) is 15.7. The number of nitrogens with one attached hydrogen (secondary N) is 2. The van der Waals surface area contributed by atoms with Crippen molar-refractivity contribution in [1.82, 2.24) is 24.5 Å². The predicted octanol–water partition coefficient (Wildman–Crippen LogP) is 6.56. The number of anilines is 2. The van der Waals surface area contributed by atoms with E-state index in [0.717, 1.165) is 18.1 Å². The summed E-state index contributed by atoms with van der Waals surface area (Å²) in [5.74, 6) is 1.16. The van der Waals surface area contributed by atoms with Crippen LogP contribution in [0.1, 0.15) is 23.6 Å². The number of nitrogens with zero attached hydrogens (tertiary/aromatic N) is 4. The van der Waals surface area contributed by atoms with Crippen molar-refractivity contribution in [3.63, 3.8) is 0 Å². The van der Waals surface area contributed by atoms with Crippen LogP contribution in [0.5, 0.6) is 11.5 Å². The number of imidazole rings is 2. The molecule has 0 radical (unpaired) electrons. The molecule has 0 spiro atoms. The van der Waals surface area contributed by atoms with Crippen molar-refractivity contribution < 1.29 is 27.0 Å². The average Bonchev–Trinajstić information content (AvgIpc) is 3.67. The van der Waals surface area contributed by atoms with E-state index in [1.54, 1.807) is 30.3 Å². The Kier molecular flexibility index (Phi) is 6.18. The van der Waals surface area contributed by atoms with Gasteiger partial charge in [-0.1, -0.05) is 0 Å². The Morgan fingerprint density at radius 2 is 1.92 bits per heavy atom. The molecule has 0 amide bonds. The Labute approximate surface area is 219 Å². The standard InChI is InChI=1S/C27H22F4N6O2/c1-37-23-5-3-17(39-18-6-8-32-22(12-18)25-33-13-24(36-25)27(29,30)31)11-21(23)35-26(37)34-16-2-4-20(28)19(10-16)15-7-9-38-14-15/h2-6,8,10-13,15H,7,9,14H2,1H3,(H,33,36)(H,34,35). The van der Waals surface area contributed by atoms with Crippen molar-refractivity contribution in [3.05, 3.63) is 78.0 Å². The van der Waals surface area contributed by atoms with Crippen LogP contribution in [0.25, 0.3) is 22.6 Å². The first kappa shape index (κ1) is 24.9. The van der Waals surface area contributed by atoms with Crippen molar-refractivity contribution in [1.29, 1.82) is 0 Å². The molecule has 1 saturated heterocycles. The molecule has 12 heteroatoms. The molecular weight excluding hydrogens is 516 g/mol. The zero-order valence-corrected chi connectivity index (χ0v) is 20.6. The summed E-state index contributed by atoms with van der Waals surface area (Å²) in [6, 6.07) is 13.4. The van der Waals surface area contributed by atoms with Gasteiger partial charge in [-0.15, -0.1) is 0 Å². The number of hydrogen-bond acceptors (Lipinski definition) is 6. The molecule has 0 saturated carbocycles. The van der Waals surface area contributed by atoms with E-state index in [-0.39, 0.29) is 23.3 Å². The minimum absolute atomic E-state index is 0.0203. The monoisotopic (exact) mass is 538 g/mol. The van der Waals surface area contributed by atoms with Gasteiger partial charge >= 0.3 is 6.18 Å². The number of ether oxygens (including phenoxy) is 2. The van der Waals surface area contributed by atoms with E-state index in [9.17, 15) is 17.6 Å². The smallest absolute Gasteiger partial charge is 0.432 e.